The van der Waals surface area contributed by atoms with Crippen LogP contribution in [0, 0.1) is 5.82 Å². The summed E-state index contributed by atoms with van der Waals surface area (Å²) < 4.78 is 33.5. The van der Waals surface area contributed by atoms with E-state index in [1.807, 2.05) is 0 Å². The van der Waals surface area contributed by atoms with Gasteiger partial charge in [-0.3, -0.25) is 0 Å². The molecule has 16 heavy (non-hydrogen) atoms. The molecule has 1 rings (SSSR count). The molecule has 0 aliphatic rings. The van der Waals surface area contributed by atoms with Crippen LogP contribution in [-0.2, 0) is 4.57 Å². The van der Waals surface area contributed by atoms with Crippen LogP contribution in [0.4, 0.5) is 4.39 Å². The molecule has 0 atom stereocenters. The first-order valence-electron chi connectivity index (χ1n) is 4.77. The van der Waals surface area contributed by atoms with Crippen molar-refractivity contribution < 1.29 is 13.5 Å². The van der Waals surface area contributed by atoms with Crippen LogP contribution in [0.3, 0.4) is 0 Å². The molecule has 0 amide bonds. The van der Waals surface area contributed by atoms with Crippen molar-refractivity contribution >= 4 is 7.67 Å². The molecule has 0 spiro atoms. The lowest BCUT2D eigenvalue weighted by Crippen LogP contribution is -2.24. The van der Waals surface area contributed by atoms with Crippen LogP contribution in [-0.4, -0.2) is 37.5 Å². The summed E-state index contributed by atoms with van der Waals surface area (Å²) in [6.45, 7) is 0. The van der Waals surface area contributed by atoms with Gasteiger partial charge in [-0.1, -0.05) is 0 Å². The fourth-order valence-corrected chi connectivity index (χ4v) is 2.59. The number of hydrogen-bond donors (Lipinski definition) is 0. The maximum absolute atomic E-state index is 12.7. The van der Waals surface area contributed by atoms with Crippen molar-refractivity contribution in [1.82, 2.24) is 9.34 Å². The molecule has 0 bridgehead atoms. The molecule has 1 aromatic rings. The number of hydrogen-bond acceptors (Lipinski definition) is 2. The summed E-state index contributed by atoms with van der Waals surface area (Å²) in [5.41, 5.74) is 0. The van der Waals surface area contributed by atoms with E-state index in [1.165, 1.54) is 33.6 Å². The number of halogens is 1. The Morgan fingerprint density at radius 2 is 1.50 bits per heavy atom. The third-order valence-corrected chi connectivity index (χ3v) is 4.52. The van der Waals surface area contributed by atoms with E-state index in [2.05, 4.69) is 0 Å². The van der Waals surface area contributed by atoms with Crippen molar-refractivity contribution in [1.29, 1.82) is 0 Å². The summed E-state index contributed by atoms with van der Waals surface area (Å²) in [5, 5.41) is 0. The molecule has 90 valence electrons. The third kappa shape index (κ3) is 2.82. The average Bonchev–Trinajstić information content (AvgIpc) is 2.20. The monoisotopic (exact) mass is 246 g/mol. The largest absolute Gasteiger partial charge is 0.422 e. The summed E-state index contributed by atoms with van der Waals surface area (Å²) in [6, 6.07) is 5.44. The minimum Gasteiger partial charge on any atom is -0.422 e. The molecule has 0 N–H and O–H groups in total. The minimum absolute atomic E-state index is 0.350. The normalized spacial score (nSPS) is 12.2. The lowest BCUT2D eigenvalue weighted by atomic mass is 10.3. The molecule has 0 saturated heterocycles. The first-order valence-corrected chi connectivity index (χ1v) is 6.30. The molecule has 0 aliphatic carbocycles. The van der Waals surface area contributed by atoms with Crippen molar-refractivity contribution in [3.63, 3.8) is 0 Å². The van der Waals surface area contributed by atoms with Crippen molar-refractivity contribution in [3.05, 3.63) is 30.1 Å². The van der Waals surface area contributed by atoms with Gasteiger partial charge in [0.2, 0.25) is 0 Å². The topological polar surface area (TPSA) is 32.8 Å². The van der Waals surface area contributed by atoms with Crippen molar-refractivity contribution in [2.45, 2.75) is 0 Å². The first kappa shape index (κ1) is 13.2. The van der Waals surface area contributed by atoms with Crippen LogP contribution in [0.1, 0.15) is 0 Å². The van der Waals surface area contributed by atoms with Gasteiger partial charge in [0.05, 0.1) is 0 Å². The van der Waals surface area contributed by atoms with Gasteiger partial charge < -0.3 is 4.52 Å². The maximum Gasteiger partial charge on any atom is 0.394 e. The molecule has 1 aromatic carbocycles. The van der Waals surface area contributed by atoms with Crippen LogP contribution < -0.4 is 4.52 Å². The second-order valence-corrected chi connectivity index (χ2v) is 6.49. The summed E-state index contributed by atoms with van der Waals surface area (Å²) >= 11 is 0. The number of nitrogens with zero attached hydrogens (tertiary/aromatic N) is 2. The zero-order chi connectivity index (χ0) is 12.3. The predicted octanol–water partition coefficient (Wildman–Crippen LogP) is 2.44. The minimum atomic E-state index is -3.06. The molecular weight excluding hydrogens is 230 g/mol. The number of benzene rings is 1. The Balaban J connectivity index is 2.93. The molecule has 0 saturated carbocycles. The lowest BCUT2D eigenvalue weighted by Gasteiger charge is -2.29. The van der Waals surface area contributed by atoms with Crippen molar-refractivity contribution in [2.75, 3.05) is 28.2 Å². The van der Waals surface area contributed by atoms with Gasteiger partial charge in [-0.25, -0.2) is 18.3 Å². The smallest absolute Gasteiger partial charge is 0.394 e. The second-order valence-electron chi connectivity index (χ2n) is 3.73. The van der Waals surface area contributed by atoms with Crippen LogP contribution in [0.15, 0.2) is 24.3 Å². The highest BCUT2D eigenvalue weighted by atomic mass is 31.2. The first-order chi connectivity index (χ1) is 7.36. The van der Waals surface area contributed by atoms with Gasteiger partial charge in [0, 0.05) is 0 Å². The van der Waals surface area contributed by atoms with E-state index in [0.29, 0.717) is 5.75 Å². The molecule has 0 aliphatic heterocycles. The Kier molecular flexibility index (Phi) is 4.08. The average molecular weight is 246 g/mol. The van der Waals surface area contributed by atoms with E-state index in [9.17, 15) is 8.96 Å². The van der Waals surface area contributed by atoms with Gasteiger partial charge >= 0.3 is 7.67 Å². The predicted molar refractivity (Wildman–Crippen MR) is 62.0 cm³/mol. The maximum atomic E-state index is 12.7. The summed E-state index contributed by atoms with van der Waals surface area (Å²) in [4.78, 5) is 0. The Morgan fingerprint density at radius 3 is 1.88 bits per heavy atom. The van der Waals surface area contributed by atoms with Crippen molar-refractivity contribution in [3.8, 4) is 5.75 Å². The molecule has 0 aromatic heterocycles. The van der Waals surface area contributed by atoms with Crippen LogP contribution in [0.5, 0.6) is 5.75 Å². The van der Waals surface area contributed by atoms with Gasteiger partial charge in [0.15, 0.2) is 0 Å². The zero-order valence-electron chi connectivity index (χ0n) is 9.85. The summed E-state index contributed by atoms with van der Waals surface area (Å²) in [6.07, 6.45) is 0. The van der Waals surface area contributed by atoms with Crippen LogP contribution in [0.25, 0.3) is 0 Å². The van der Waals surface area contributed by atoms with E-state index in [1.54, 1.807) is 28.2 Å². The van der Waals surface area contributed by atoms with E-state index < -0.39 is 7.67 Å². The Labute approximate surface area is 95.2 Å². The van der Waals surface area contributed by atoms with Gasteiger partial charge in [0.25, 0.3) is 0 Å². The molecule has 4 nitrogen and oxygen atoms in total. The lowest BCUT2D eigenvalue weighted by molar-refractivity contribution is 0.353. The van der Waals surface area contributed by atoms with Gasteiger partial charge in [-0.15, -0.1) is 0 Å². The Bertz CT molecular complexity index is 380. The highest BCUT2D eigenvalue weighted by Gasteiger charge is 2.30. The molecular formula is C10H16FN2O2P. The zero-order valence-corrected chi connectivity index (χ0v) is 10.7. The highest BCUT2D eigenvalue weighted by molar-refractivity contribution is 7.54. The molecule has 6 heteroatoms. The fourth-order valence-electron chi connectivity index (χ4n) is 1.15. The van der Waals surface area contributed by atoms with Gasteiger partial charge in [0.1, 0.15) is 11.6 Å². The van der Waals surface area contributed by atoms with E-state index >= 15 is 0 Å². The molecule has 0 radical (unpaired) electrons. The highest BCUT2D eigenvalue weighted by Crippen LogP contribution is 2.50. The quantitative estimate of drug-likeness (QED) is 0.764. The van der Waals surface area contributed by atoms with Crippen molar-refractivity contribution in [2.24, 2.45) is 0 Å². The second kappa shape index (κ2) is 4.95. The Morgan fingerprint density at radius 1 is 1.06 bits per heavy atom. The Hall–Kier alpha value is -0.900. The van der Waals surface area contributed by atoms with E-state index in [0.717, 1.165) is 0 Å². The number of rotatable bonds is 4. The third-order valence-electron chi connectivity index (χ3n) is 2.05. The summed E-state index contributed by atoms with van der Waals surface area (Å²) in [7, 11) is 3.63. The van der Waals surface area contributed by atoms with E-state index in [4.69, 9.17) is 4.52 Å². The van der Waals surface area contributed by atoms with E-state index in [-0.39, 0.29) is 5.82 Å². The fraction of sp³-hybridized carbons (Fsp3) is 0.400. The van der Waals surface area contributed by atoms with Gasteiger partial charge in [-0.05, 0) is 52.5 Å². The standard InChI is InChI=1S/C10H16FN2O2P/c1-12(2)16(14,13(3)4)15-10-7-5-9(11)6-8-10/h5-8H,1-4H3. The molecule has 0 unspecified atom stereocenters. The van der Waals surface area contributed by atoms with Crippen LogP contribution in [0.2, 0.25) is 0 Å². The molecule has 0 heterocycles. The summed E-state index contributed by atoms with van der Waals surface area (Å²) in [5.74, 6) is 0.0315. The molecule has 0 fully saturated rings. The van der Waals surface area contributed by atoms with Gasteiger partial charge in [-0.2, -0.15) is 0 Å². The SMILES string of the molecule is CN(C)P(=O)(Oc1ccc(F)cc1)N(C)C. The van der Waals surface area contributed by atoms with Crippen LogP contribution >= 0.6 is 7.67 Å².